The number of hydrogen-bond acceptors (Lipinski definition) is 8. The van der Waals surface area contributed by atoms with E-state index in [9.17, 15) is 0 Å². The summed E-state index contributed by atoms with van der Waals surface area (Å²) in [6, 6.07) is 15.6. The Labute approximate surface area is 167 Å². The fourth-order valence-corrected chi connectivity index (χ4v) is 2.95. The van der Waals surface area contributed by atoms with Gasteiger partial charge in [0.05, 0.1) is 31.6 Å². The van der Waals surface area contributed by atoms with Crippen LogP contribution in [0.15, 0.2) is 60.9 Å². The minimum Gasteiger partial charge on any atom is -0.493 e. The summed E-state index contributed by atoms with van der Waals surface area (Å²) in [5.41, 5.74) is 2.73. The zero-order valence-electron chi connectivity index (χ0n) is 16.1. The molecule has 0 bridgehead atoms. The number of hydrogen-bond donors (Lipinski definition) is 2. The van der Waals surface area contributed by atoms with Gasteiger partial charge in [-0.3, -0.25) is 4.98 Å². The van der Waals surface area contributed by atoms with Crippen molar-refractivity contribution in [1.29, 1.82) is 0 Å². The molecule has 0 saturated heterocycles. The number of rotatable bonds is 7. The van der Waals surface area contributed by atoms with E-state index in [0.717, 1.165) is 22.2 Å². The number of pyridine rings is 1. The first-order chi connectivity index (χ1) is 14.3. The summed E-state index contributed by atoms with van der Waals surface area (Å²) in [4.78, 5) is 8.93. The molecule has 4 aromatic rings. The van der Waals surface area contributed by atoms with Crippen molar-refractivity contribution in [2.45, 2.75) is 6.54 Å². The summed E-state index contributed by atoms with van der Waals surface area (Å²) in [7, 11) is 3.22. The molecule has 2 N–H and O–H groups in total. The lowest BCUT2D eigenvalue weighted by Gasteiger charge is -2.11. The standard InChI is InChI=1S/C21H20N6O2/c1-28-17-9-8-14(11-18(17)29-2)12-23-21-26-19(13-24-27-21)25-16-7-3-5-15-6-4-10-22-20(15)16/h3-11,13H,12H2,1-2H3,(H2,23,25,26,27). The maximum Gasteiger partial charge on any atom is 0.244 e. The number of para-hydroxylation sites is 1. The van der Waals surface area contributed by atoms with Gasteiger partial charge in [0.1, 0.15) is 0 Å². The fraction of sp³-hybridized carbons (Fsp3) is 0.143. The zero-order valence-corrected chi connectivity index (χ0v) is 16.1. The highest BCUT2D eigenvalue weighted by Gasteiger charge is 2.07. The Morgan fingerprint density at radius 3 is 2.69 bits per heavy atom. The number of aromatic nitrogens is 4. The first kappa shape index (κ1) is 18.4. The highest BCUT2D eigenvalue weighted by atomic mass is 16.5. The topological polar surface area (TPSA) is 94.1 Å². The summed E-state index contributed by atoms with van der Waals surface area (Å²) in [6.45, 7) is 0.515. The SMILES string of the molecule is COc1ccc(CNc2nncc(Nc3cccc4cccnc34)n2)cc1OC. The van der Waals surface area contributed by atoms with Crippen molar-refractivity contribution in [3.05, 3.63) is 66.5 Å². The van der Waals surface area contributed by atoms with Crippen LogP contribution in [0.1, 0.15) is 5.56 Å². The number of benzene rings is 2. The maximum absolute atomic E-state index is 5.34. The Hall–Kier alpha value is -3.94. The normalized spacial score (nSPS) is 10.6. The van der Waals surface area contributed by atoms with Crippen molar-refractivity contribution in [1.82, 2.24) is 20.2 Å². The van der Waals surface area contributed by atoms with Gasteiger partial charge in [0, 0.05) is 18.1 Å². The van der Waals surface area contributed by atoms with E-state index in [1.54, 1.807) is 26.6 Å². The van der Waals surface area contributed by atoms with Crippen LogP contribution in [0.4, 0.5) is 17.5 Å². The van der Waals surface area contributed by atoms with Crippen LogP contribution in [-0.4, -0.2) is 34.4 Å². The molecule has 2 heterocycles. The Morgan fingerprint density at radius 2 is 1.83 bits per heavy atom. The van der Waals surface area contributed by atoms with Gasteiger partial charge >= 0.3 is 0 Å². The predicted molar refractivity (Wildman–Crippen MR) is 112 cm³/mol. The second-order valence-corrected chi connectivity index (χ2v) is 6.21. The van der Waals surface area contributed by atoms with Crippen LogP contribution in [0.5, 0.6) is 11.5 Å². The second kappa shape index (κ2) is 8.39. The molecule has 0 atom stereocenters. The molecule has 0 spiro atoms. The van der Waals surface area contributed by atoms with E-state index < -0.39 is 0 Å². The van der Waals surface area contributed by atoms with Gasteiger partial charge < -0.3 is 20.1 Å². The highest BCUT2D eigenvalue weighted by Crippen LogP contribution is 2.28. The molecule has 0 saturated carbocycles. The molecule has 0 unspecified atom stereocenters. The molecule has 0 aliphatic rings. The van der Waals surface area contributed by atoms with Crippen LogP contribution in [0.2, 0.25) is 0 Å². The number of anilines is 3. The highest BCUT2D eigenvalue weighted by molar-refractivity contribution is 5.91. The number of fused-ring (bicyclic) bond motifs is 1. The van der Waals surface area contributed by atoms with E-state index >= 15 is 0 Å². The van der Waals surface area contributed by atoms with E-state index in [0.29, 0.717) is 29.8 Å². The third-order valence-electron chi connectivity index (χ3n) is 4.35. The van der Waals surface area contributed by atoms with Crippen LogP contribution in [0.25, 0.3) is 10.9 Å². The monoisotopic (exact) mass is 388 g/mol. The van der Waals surface area contributed by atoms with Gasteiger partial charge in [-0.2, -0.15) is 10.1 Å². The average Bonchev–Trinajstić information content (AvgIpc) is 2.78. The minimum absolute atomic E-state index is 0.415. The van der Waals surface area contributed by atoms with Crippen LogP contribution in [-0.2, 0) is 6.54 Å². The van der Waals surface area contributed by atoms with Crippen molar-refractivity contribution in [2.24, 2.45) is 0 Å². The Bertz CT molecular complexity index is 1130. The molecule has 0 amide bonds. The number of nitrogens with one attached hydrogen (secondary N) is 2. The lowest BCUT2D eigenvalue weighted by atomic mass is 10.2. The fourth-order valence-electron chi connectivity index (χ4n) is 2.95. The van der Waals surface area contributed by atoms with Crippen molar-refractivity contribution >= 4 is 28.4 Å². The summed E-state index contributed by atoms with van der Waals surface area (Å²) >= 11 is 0. The number of ether oxygens (including phenoxy) is 2. The Kier molecular flexibility index (Phi) is 5.33. The number of methoxy groups -OCH3 is 2. The lowest BCUT2D eigenvalue weighted by molar-refractivity contribution is 0.354. The molecular weight excluding hydrogens is 368 g/mol. The minimum atomic E-state index is 0.415. The van der Waals surface area contributed by atoms with E-state index in [2.05, 4.69) is 30.8 Å². The molecule has 0 aliphatic carbocycles. The van der Waals surface area contributed by atoms with Crippen molar-refractivity contribution < 1.29 is 9.47 Å². The molecular formula is C21H20N6O2. The van der Waals surface area contributed by atoms with Gasteiger partial charge in [-0.15, -0.1) is 5.10 Å². The molecule has 8 nitrogen and oxygen atoms in total. The first-order valence-corrected chi connectivity index (χ1v) is 9.02. The van der Waals surface area contributed by atoms with Crippen LogP contribution in [0.3, 0.4) is 0 Å². The molecule has 2 aromatic heterocycles. The molecule has 0 fully saturated rings. The molecule has 29 heavy (non-hydrogen) atoms. The Balaban J connectivity index is 1.49. The summed E-state index contributed by atoms with van der Waals surface area (Å²) < 4.78 is 10.6. The Morgan fingerprint density at radius 1 is 0.966 bits per heavy atom. The third kappa shape index (κ3) is 4.16. The molecule has 0 radical (unpaired) electrons. The first-order valence-electron chi connectivity index (χ1n) is 9.02. The largest absolute Gasteiger partial charge is 0.493 e. The van der Waals surface area contributed by atoms with Gasteiger partial charge in [-0.25, -0.2) is 0 Å². The van der Waals surface area contributed by atoms with E-state index in [1.165, 1.54) is 0 Å². The maximum atomic E-state index is 5.34. The zero-order chi connectivity index (χ0) is 20.1. The second-order valence-electron chi connectivity index (χ2n) is 6.21. The van der Waals surface area contributed by atoms with Crippen LogP contribution in [0, 0.1) is 0 Å². The van der Waals surface area contributed by atoms with Crippen molar-refractivity contribution in [3.63, 3.8) is 0 Å². The van der Waals surface area contributed by atoms with Gasteiger partial charge in [0.15, 0.2) is 17.3 Å². The van der Waals surface area contributed by atoms with Crippen molar-refractivity contribution in [2.75, 3.05) is 24.9 Å². The van der Waals surface area contributed by atoms with Gasteiger partial charge in [0.2, 0.25) is 5.95 Å². The van der Waals surface area contributed by atoms with E-state index in [1.807, 2.05) is 48.5 Å². The van der Waals surface area contributed by atoms with E-state index in [-0.39, 0.29) is 0 Å². The van der Waals surface area contributed by atoms with Gasteiger partial charge in [-0.05, 0) is 29.8 Å². The summed E-state index contributed by atoms with van der Waals surface area (Å²) in [5.74, 6) is 2.35. The van der Waals surface area contributed by atoms with E-state index in [4.69, 9.17) is 9.47 Å². The quantitative estimate of drug-likeness (QED) is 0.494. The molecule has 2 aromatic carbocycles. The van der Waals surface area contributed by atoms with Crippen LogP contribution < -0.4 is 20.1 Å². The van der Waals surface area contributed by atoms with Crippen LogP contribution >= 0.6 is 0 Å². The molecule has 4 rings (SSSR count). The third-order valence-corrected chi connectivity index (χ3v) is 4.35. The molecule has 8 heteroatoms. The summed E-state index contributed by atoms with van der Waals surface area (Å²) in [5, 5.41) is 15.6. The molecule has 146 valence electrons. The molecule has 0 aliphatic heterocycles. The van der Waals surface area contributed by atoms with Crippen molar-refractivity contribution in [3.8, 4) is 11.5 Å². The average molecular weight is 388 g/mol. The lowest BCUT2D eigenvalue weighted by Crippen LogP contribution is -2.07. The summed E-state index contributed by atoms with van der Waals surface area (Å²) in [6.07, 6.45) is 3.34. The van der Waals surface area contributed by atoms with Gasteiger partial charge in [0.25, 0.3) is 0 Å². The van der Waals surface area contributed by atoms with Gasteiger partial charge in [-0.1, -0.05) is 24.3 Å². The predicted octanol–water partition coefficient (Wildman–Crippen LogP) is 3.79. The number of nitrogens with zero attached hydrogens (tertiary/aromatic N) is 4. The smallest absolute Gasteiger partial charge is 0.244 e.